The SMILES string of the molecule is Cc1ccc2c(c1)C(c1cccs1)N(C(=O)c1ccc(C)c(C)c1)CC(=O)N2. The van der Waals surface area contributed by atoms with Gasteiger partial charge in [-0.2, -0.15) is 0 Å². The highest BCUT2D eigenvalue weighted by Gasteiger charge is 2.34. The van der Waals surface area contributed by atoms with Gasteiger partial charge in [-0.15, -0.1) is 11.3 Å². The molecule has 0 radical (unpaired) electrons. The van der Waals surface area contributed by atoms with E-state index in [2.05, 4.69) is 11.4 Å². The third kappa shape index (κ3) is 3.34. The van der Waals surface area contributed by atoms with Gasteiger partial charge in [-0.3, -0.25) is 9.59 Å². The lowest BCUT2D eigenvalue weighted by molar-refractivity contribution is -0.117. The number of carbonyl (C=O) groups excluding carboxylic acids is 2. The van der Waals surface area contributed by atoms with Gasteiger partial charge < -0.3 is 10.2 Å². The van der Waals surface area contributed by atoms with E-state index in [9.17, 15) is 9.59 Å². The highest BCUT2D eigenvalue weighted by atomic mass is 32.1. The number of nitrogens with zero attached hydrogens (tertiary/aromatic N) is 1. The molecule has 1 aliphatic heterocycles. The van der Waals surface area contributed by atoms with Crippen molar-refractivity contribution in [2.75, 3.05) is 11.9 Å². The van der Waals surface area contributed by atoms with Crippen molar-refractivity contribution in [1.82, 2.24) is 4.90 Å². The van der Waals surface area contributed by atoms with Gasteiger partial charge in [0, 0.05) is 21.7 Å². The summed E-state index contributed by atoms with van der Waals surface area (Å²) in [7, 11) is 0. The van der Waals surface area contributed by atoms with Crippen LogP contribution in [0.5, 0.6) is 0 Å². The zero-order valence-electron chi connectivity index (χ0n) is 16.2. The number of hydrogen-bond donors (Lipinski definition) is 1. The first kappa shape index (κ1) is 18.4. The van der Waals surface area contributed by atoms with E-state index >= 15 is 0 Å². The molecule has 0 saturated heterocycles. The van der Waals surface area contributed by atoms with Gasteiger partial charge in [-0.1, -0.05) is 29.8 Å². The first-order chi connectivity index (χ1) is 13.4. The van der Waals surface area contributed by atoms with Crippen LogP contribution < -0.4 is 5.32 Å². The van der Waals surface area contributed by atoms with Crippen molar-refractivity contribution in [3.63, 3.8) is 0 Å². The molecule has 0 aliphatic carbocycles. The summed E-state index contributed by atoms with van der Waals surface area (Å²) in [5.41, 5.74) is 5.62. The van der Waals surface area contributed by atoms with Gasteiger partial charge in [-0.05, 0) is 61.5 Å². The summed E-state index contributed by atoms with van der Waals surface area (Å²) >= 11 is 1.60. The van der Waals surface area contributed by atoms with E-state index in [1.165, 1.54) is 0 Å². The van der Waals surface area contributed by atoms with Gasteiger partial charge in [0.1, 0.15) is 6.54 Å². The van der Waals surface area contributed by atoms with Crippen molar-refractivity contribution in [3.8, 4) is 0 Å². The minimum atomic E-state index is -0.303. The molecule has 5 heteroatoms. The first-order valence-electron chi connectivity index (χ1n) is 9.26. The fraction of sp³-hybridized carbons (Fsp3) is 0.217. The number of thiophene rings is 1. The second kappa shape index (κ2) is 7.24. The van der Waals surface area contributed by atoms with E-state index in [-0.39, 0.29) is 24.4 Å². The Morgan fingerprint density at radius 2 is 1.89 bits per heavy atom. The maximum Gasteiger partial charge on any atom is 0.255 e. The minimum absolute atomic E-state index is 0.0159. The number of fused-ring (bicyclic) bond motifs is 1. The molecule has 1 aromatic heterocycles. The monoisotopic (exact) mass is 390 g/mol. The molecule has 0 fully saturated rings. The summed E-state index contributed by atoms with van der Waals surface area (Å²) in [6, 6.07) is 15.4. The first-order valence-corrected chi connectivity index (χ1v) is 10.1. The Morgan fingerprint density at radius 3 is 2.61 bits per heavy atom. The third-order valence-corrected chi connectivity index (χ3v) is 6.15. The van der Waals surface area contributed by atoms with Crippen LogP contribution in [-0.2, 0) is 4.79 Å². The lowest BCUT2D eigenvalue weighted by Gasteiger charge is -2.30. The van der Waals surface area contributed by atoms with E-state index in [4.69, 9.17) is 0 Å². The molecule has 0 spiro atoms. The van der Waals surface area contributed by atoms with Gasteiger partial charge >= 0.3 is 0 Å². The van der Waals surface area contributed by atoms with E-state index in [0.29, 0.717) is 5.56 Å². The highest BCUT2D eigenvalue weighted by molar-refractivity contribution is 7.10. The summed E-state index contributed by atoms with van der Waals surface area (Å²) in [5.74, 6) is -0.313. The van der Waals surface area contributed by atoms with Crippen LogP contribution in [0.2, 0.25) is 0 Å². The number of hydrogen-bond acceptors (Lipinski definition) is 3. The Bertz CT molecular complexity index is 1060. The molecule has 2 aromatic carbocycles. The molecule has 4 rings (SSSR count). The van der Waals surface area contributed by atoms with Crippen molar-refractivity contribution in [2.24, 2.45) is 0 Å². The molecule has 4 nitrogen and oxygen atoms in total. The average molecular weight is 391 g/mol. The summed E-state index contributed by atoms with van der Waals surface area (Å²) in [5, 5.41) is 4.97. The maximum atomic E-state index is 13.5. The Morgan fingerprint density at radius 1 is 1.07 bits per heavy atom. The summed E-state index contributed by atoms with van der Waals surface area (Å²) in [6.45, 7) is 6.06. The fourth-order valence-corrected chi connectivity index (χ4v) is 4.46. The quantitative estimate of drug-likeness (QED) is 0.679. The Hall–Kier alpha value is -2.92. The lowest BCUT2D eigenvalue weighted by Crippen LogP contribution is -2.38. The number of rotatable bonds is 2. The van der Waals surface area contributed by atoms with Crippen LogP contribution in [0.4, 0.5) is 5.69 Å². The van der Waals surface area contributed by atoms with E-state index in [1.54, 1.807) is 16.2 Å². The standard InChI is InChI=1S/C23H22N2O2S/c1-14-6-9-19-18(11-14)22(20-5-4-10-28-20)25(13-21(26)24-19)23(27)17-8-7-15(2)16(3)12-17/h4-12,22H,13H2,1-3H3,(H,24,26). The zero-order chi connectivity index (χ0) is 19.8. The van der Waals surface area contributed by atoms with E-state index < -0.39 is 0 Å². The van der Waals surface area contributed by atoms with Gasteiger partial charge in [0.25, 0.3) is 5.91 Å². The highest BCUT2D eigenvalue weighted by Crippen LogP contribution is 2.39. The van der Waals surface area contributed by atoms with Crippen molar-refractivity contribution >= 4 is 28.8 Å². The summed E-state index contributed by atoms with van der Waals surface area (Å²) in [4.78, 5) is 28.9. The average Bonchev–Trinajstić information content (AvgIpc) is 3.14. The molecule has 1 N–H and O–H groups in total. The summed E-state index contributed by atoms with van der Waals surface area (Å²) in [6.07, 6.45) is 0. The maximum absolute atomic E-state index is 13.5. The van der Waals surface area contributed by atoms with Crippen LogP contribution in [0, 0.1) is 20.8 Å². The topological polar surface area (TPSA) is 49.4 Å². The Balaban J connectivity index is 1.87. The van der Waals surface area contributed by atoms with Crippen LogP contribution in [0.1, 0.15) is 43.5 Å². The van der Waals surface area contributed by atoms with Gasteiger partial charge in [0.2, 0.25) is 5.91 Å². The van der Waals surface area contributed by atoms with Gasteiger partial charge in [-0.25, -0.2) is 0 Å². The van der Waals surface area contributed by atoms with Gasteiger partial charge in [0.05, 0.1) is 6.04 Å². The largest absolute Gasteiger partial charge is 0.324 e. The second-order valence-corrected chi connectivity index (χ2v) is 8.27. The van der Waals surface area contributed by atoms with Crippen molar-refractivity contribution < 1.29 is 9.59 Å². The molecule has 1 unspecified atom stereocenters. The molecule has 0 bridgehead atoms. The van der Waals surface area contributed by atoms with Crippen molar-refractivity contribution in [3.05, 3.63) is 86.6 Å². The van der Waals surface area contributed by atoms with E-state index in [0.717, 1.165) is 32.8 Å². The van der Waals surface area contributed by atoms with Crippen LogP contribution in [0.15, 0.2) is 53.9 Å². The smallest absolute Gasteiger partial charge is 0.255 e. The molecule has 0 saturated carbocycles. The Labute approximate surface area is 168 Å². The molecule has 2 heterocycles. The van der Waals surface area contributed by atoms with Crippen LogP contribution in [0.25, 0.3) is 0 Å². The number of anilines is 1. The van der Waals surface area contributed by atoms with Crippen LogP contribution >= 0.6 is 11.3 Å². The fourth-order valence-electron chi connectivity index (χ4n) is 3.61. The minimum Gasteiger partial charge on any atom is -0.324 e. The van der Waals surface area contributed by atoms with Crippen LogP contribution in [-0.4, -0.2) is 23.3 Å². The van der Waals surface area contributed by atoms with Gasteiger partial charge in [0.15, 0.2) is 0 Å². The molecule has 1 atom stereocenters. The molecule has 3 aromatic rings. The number of benzene rings is 2. The predicted octanol–water partition coefficient (Wildman–Crippen LogP) is 4.86. The van der Waals surface area contributed by atoms with E-state index in [1.807, 2.05) is 68.6 Å². The second-order valence-electron chi connectivity index (χ2n) is 7.29. The molecular weight excluding hydrogens is 368 g/mol. The normalized spacial score (nSPS) is 16.3. The summed E-state index contributed by atoms with van der Waals surface area (Å²) < 4.78 is 0. The zero-order valence-corrected chi connectivity index (χ0v) is 17.0. The third-order valence-electron chi connectivity index (χ3n) is 5.23. The van der Waals surface area contributed by atoms with Crippen LogP contribution in [0.3, 0.4) is 0 Å². The number of aryl methyl sites for hydroxylation is 3. The molecular formula is C23H22N2O2S. The molecule has 142 valence electrons. The van der Waals surface area contributed by atoms with Crippen molar-refractivity contribution in [1.29, 1.82) is 0 Å². The number of carbonyl (C=O) groups is 2. The molecule has 28 heavy (non-hydrogen) atoms. The Kier molecular flexibility index (Phi) is 4.77. The number of amides is 2. The lowest BCUT2D eigenvalue weighted by atomic mass is 9.98. The number of nitrogens with one attached hydrogen (secondary N) is 1. The molecule has 1 aliphatic rings. The predicted molar refractivity (Wildman–Crippen MR) is 113 cm³/mol. The molecule has 2 amide bonds. The van der Waals surface area contributed by atoms with Crippen molar-refractivity contribution in [2.45, 2.75) is 26.8 Å².